The van der Waals surface area contributed by atoms with Gasteiger partial charge in [-0.1, -0.05) is 0 Å². The molecule has 150 valence electrons. The number of hydrogen-bond acceptors (Lipinski definition) is 4. The molecule has 7 nitrogen and oxygen atoms in total. The fourth-order valence-electron chi connectivity index (χ4n) is 3.59. The highest BCUT2D eigenvalue weighted by Gasteiger charge is 2.11. The molecule has 1 N–H and O–H groups in total. The molecule has 0 bridgehead atoms. The topological polar surface area (TPSA) is 77.7 Å². The molecule has 0 aliphatic rings. The number of aromatic amines is 1. The Kier molecular flexibility index (Phi) is 4.31. The van der Waals surface area contributed by atoms with Gasteiger partial charge in [-0.3, -0.25) is 9.36 Å². The van der Waals surface area contributed by atoms with Gasteiger partial charge in [-0.2, -0.15) is 5.10 Å². The van der Waals surface area contributed by atoms with Crippen LogP contribution in [0.2, 0.25) is 0 Å². The minimum Gasteiger partial charge on any atom is -0.491 e. The second-order valence-corrected chi connectivity index (χ2v) is 6.99. The van der Waals surface area contributed by atoms with Crippen molar-refractivity contribution in [2.45, 2.75) is 13.5 Å². The van der Waals surface area contributed by atoms with Gasteiger partial charge in [-0.15, -0.1) is 0 Å². The third-order valence-electron chi connectivity index (χ3n) is 5.05. The maximum absolute atomic E-state index is 13.8. The van der Waals surface area contributed by atoms with Crippen molar-refractivity contribution in [3.8, 4) is 11.6 Å². The molecule has 0 aliphatic heterocycles. The van der Waals surface area contributed by atoms with E-state index in [1.807, 2.05) is 19.2 Å². The van der Waals surface area contributed by atoms with Gasteiger partial charge >= 0.3 is 0 Å². The van der Waals surface area contributed by atoms with Gasteiger partial charge in [-0.05, 0) is 48.9 Å². The second kappa shape index (κ2) is 7.14. The molecule has 5 aromatic rings. The molecule has 4 heterocycles. The number of H-pyrrole nitrogens is 1. The molecule has 0 radical (unpaired) electrons. The first-order chi connectivity index (χ1) is 14.6. The van der Waals surface area contributed by atoms with Gasteiger partial charge in [0.2, 0.25) is 0 Å². The fraction of sp³-hybridized carbons (Fsp3) is 0.136. The maximum atomic E-state index is 13.8. The molecular weight excluding hydrogens is 385 g/mol. The summed E-state index contributed by atoms with van der Waals surface area (Å²) in [6.45, 7) is 2.49. The minimum atomic E-state index is -0.322. The summed E-state index contributed by atoms with van der Waals surface area (Å²) < 4.78 is 22.8. The van der Waals surface area contributed by atoms with Crippen molar-refractivity contribution < 1.29 is 9.13 Å². The van der Waals surface area contributed by atoms with Crippen LogP contribution in [0, 0.1) is 12.7 Å². The summed E-state index contributed by atoms with van der Waals surface area (Å²) in [6.07, 6.45) is 5.35. The van der Waals surface area contributed by atoms with Crippen molar-refractivity contribution in [1.82, 2.24) is 24.3 Å². The number of ether oxygens (including phenoxy) is 1. The predicted octanol–water partition coefficient (Wildman–Crippen LogP) is 3.59. The lowest BCUT2D eigenvalue weighted by Gasteiger charge is -2.10. The standard InChI is InChI=1S/C22H18FN5O2/c1-14-13-27(18-12-15(23)2-3-16(14)18)20-4-5-21(29)28(26-20)10-11-30-19-7-9-25-22-17(19)6-8-24-22/h2-9,12-13H,10-11H2,1H3,(H,24,25). The highest BCUT2D eigenvalue weighted by atomic mass is 19.1. The van der Waals surface area contributed by atoms with Gasteiger partial charge in [0.05, 0.1) is 17.4 Å². The van der Waals surface area contributed by atoms with E-state index in [9.17, 15) is 9.18 Å². The Morgan fingerprint density at radius 3 is 2.93 bits per heavy atom. The molecule has 0 saturated heterocycles. The normalized spacial score (nSPS) is 11.4. The van der Waals surface area contributed by atoms with Crippen LogP contribution < -0.4 is 10.3 Å². The number of benzene rings is 1. The summed E-state index contributed by atoms with van der Waals surface area (Å²) >= 11 is 0. The summed E-state index contributed by atoms with van der Waals surface area (Å²) in [7, 11) is 0. The molecule has 30 heavy (non-hydrogen) atoms. The summed E-state index contributed by atoms with van der Waals surface area (Å²) in [5, 5.41) is 6.28. The average molecular weight is 403 g/mol. The maximum Gasteiger partial charge on any atom is 0.266 e. The van der Waals surface area contributed by atoms with Crippen LogP contribution in [0.4, 0.5) is 4.39 Å². The Balaban J connectivity index is 1.42. The Hall–Kier alpha value is -3.94. The van der Waals surface area contributed by atoms with Gasteiger partial charge in [0, 0.05) is 30.0 Å². The number of rotatable bonds is 5. The number of pyridine rings is 1. The van der Waals surface area contributed by atoms with Crippen molar-refractivity contribution in [1.29, 1.82) is 0 Å². The van der Waals surface area contributed by atoms with Crippen molar-refractivity contribution in [3.05, 3.63) is 82.8 Å². The van der Waals surface area contributed by atoms with Crippen LogP contribution in [0.15, 0.2) is 65.8 Å². The summed E-state index contributed by atoms with van der Waals surface area (Å²) in [5.74, 6) is 0.903. The largest absolute Gasteiger partial charge is 0.491 e. The van der Waals surface area contributed by atoms with Crippen LogP contribution in [0.5, 0.6) is 5.75 Å². The summed E-state index contributed by atoms with van der Waals surface area (Å²) in [6, 6.07) is 11.4. The van der Waals surface area contributed by atoms with E-state index in [4.69, 9.17) is 4.74 Å². The van der Waals surface area contributed by atoms with Crippen molar-refractivity contribution in [2.24, 2.45) is 0 Å². The van der Waals surface area contributed by atoms with E-state index in [-0.39, 0.29) is 24.5 Å². The summed E-state index contributed by atoms with van der Waals surface area (Å²) in [5.41, 5.74) is 2.21. The fourth-order valence-corrected chi connectivity index (χ4v) is 3.59. The number of nitrogens with zero attached hydrogens (tertiary/aromatic N) is 4. The zero-order valence-corrected chi connectivity index (χ0v) is 16.2. The smallest absolute Gasteiger partial charge is 0.266 e. The number of nitrogens with one attached hydrogen (secondary N) is 1. The quantitative estimate of drug-likeness (QED) is 0.487. The number of fused-ring (bicyclic) bond motifs is 2. The van der Waals surface area contributed by atoms with E-state index in [1.54, 1.807) is 35.2 Å². The van der Waals surface area contributed by atoms with E-state index in [0.29, 0.717) is 17.1 Å². The van der Waals surface area contributed by atoms with E-state index >= 15 is 0 Å². The lowest BCUT2D eigenvalue weighted by molar-refractivity contribution is 0.290. The molecule has 5 rings (SSSR count). The van der Waals surface area contributed by atoms with Gasteiger partial charge in [-0.25, -0.2) is 14.1 Å². The monoisotopic (exact) mass is 403 g/mol. The van der Waals surface area contributed by atoms with Crippen LogP contribution in [0.3, 0.4) is 0 Å². The Morgan fingerprint density at radius 1 is 1.13 bits per heavy atom. The molecule has 0 unspecified atom stereocenters. The molecular formula is C22H18FN5O2. The average Bonchev–Trinajstić information content (AvgIpc) is 3.34. The van der Waals surface area contributed by atoms with Gasteiger partial charge in [0.1, 0.15) is 23.8 Å². The van der Waals surface area contributed by atoms with Crippen LogP contribution in [0.25, 0.3) is 27.8 Å². The van der Waals surface area contributed by atoms with E-state index in [1.165, 1.54) is 22.9 Å². The lowest BCUT2D eigenvalue weighted by Crippen LogP contribution is -2.26. The first-order valence-corrected chi connectivity index (χ1v) is 9.51. The molecule has 0 spiro atoms. The molecule has 0 aliphatic carbocycles. The summed E-state index contributed by atoms with van der Waals surface area (Å²) in [4.78, 5) is 19.6. The van der Waals surface area contributed by atoms with Gasteiger partial charge < -0.3 is 9.72 Å². The Morgan fingerprint density at radius 2 is 2.03 bits per heavy atom. The van der Waals surface area contributed by atoms with E-state index in [0.717, 1.165) is 22.0 Å². The SMILES string of the molecule is Cc1cn(-c2ccc(=O)n(CCOc3ccnc4[nH]ccc34)n2)c2cc(F)ccc12. The zero-order valence-electron chi connectivity index (χ0n) is 16.2. The first kappa shape index (κ1) is 18.1. The lowest BCUT2D eigenvalue weighted by atomic mass is 10.2. The van der Waals surface area contributed by atoms with Gasteiger partial charge in [0.25, 0.3) is 5.56 Å². The molecule has 1 aromatic carbocycles. The Bertz CT molecular complexity index is 1430. The van der Waals surface area contributed by atoms with Gasteiger partial charge in [0.15, 0.2) is 5.82 Å². The van der Waals surface area contributed by atoms with Crippen LogP contribution in [-0.2, 0) is 6.54 Å². The molecule has 0 amide bonds. The Labute approximate surface area is 170 Å². The van der Waals surface area contributed by atoms with Crippen molar-refractivity contribution in [3.63, 3.8) is 0 Å². The van der Waals surface area contributed by atoms with Crippen LogP contribution >= 0.6 is 0 Å². The highest BCUT2D eigenvalue weighted by molar-refractivity contribution is 5.85. The van der Waals surface area contributed by atoms with E-state index < -0.39 is 0 Å². The number of halogens is 1. The second-order valence-electron chi connectivity index (χ2n) is 6.99. The predicted molar refractivity (Wildman–Crippen MR) is 112 cm³/mol. The van der Waals surface area contributed by atoms with Crippen molar-refractivity contribution in [2.75, 3.05) is 6.61 Å². The number of hydrogen-bond donors (Lipinski definition) is 1. The zero-order chi connectivity index (χ0) is 20.7. The molecule has 0 fully saturated rings. The third kappa shape index (κ3) is 3.12. The third-order valence-corrected chi connectivity index (χ3v) is 5.05. The van der Waals surface area contributed by atoms with E-state index in [2.05, 4.69) is 15.1 Å². The van der Waals surface area contributed by atoms with Crippen LogP contribution in [-0.4, -0.2) is 30.9 Å². The number of aryl methyl sites for hydroxylation is 1. The first-order valence-electron chi connectivity index (χ1n) is 9.51. The van der Waals surface area contributed by atoms with Crippen molar-refractivity contribution >= 4 is 21.9 Å². The highest BCUT2D eigenvalue weighted by Crippen LogP contribution is 2.24. The van der Waals surface area contributed by atoms with Crippen LogP contribution in [0.1, 0.15) is 5.56 Å². The number of aromatic nitrogens is 5. The minimum absolute atomic E-state index is 0.233. The molecule has 4 aromatic heterocycles. The molecule has 8 heteroatoms. The molecule has 0 atom stereocenters. The molecule has 0 saturated carbocycles.